The van der Waals surface area contributed by atoms with Crippen LogP contribution in [0.15, 0.2) is 135 Å². The summed E-state index contributed by atoms with van der Waals surface area (Å²) in [5.74, 6) is 0. The summed E-state index contributed by atoms with van der Waals surface area (Å²) in [5.41, 5.74) is 16.7. The molecule has 2 aliphatic heterocycles. The highest BCUT2D eigenvalue weighted by atomic mass is 32.2. The Hall–Kier alpha value is -6.12. The largest absolute Gasteiger partial charge is 0.309 e. The van der Waals surface area contributed by atoms with Gasteiger partial charge in [0.05, 0.1) is 33.2 Å². The van der Waals surface area contributed by atoms with E-state index in [9.17, 15) is 10.5 Å². The molecule has 0 saturated heterocycles. The van der Waals surface area contributed by atoms with E-state index >= 15 is 0 Å². The summed E-state index contributed by atoms with van der Waals surface area (Å²) in [5, 5.41) is 26.4. The fourth-order valence-electron chi connectivity index (χ4n) is 10.5. The molecule has 0 aliphatic carbocycles. The summed E-state index contributed by atoms with van der Waals surface area (Å²) in [6.07, 6.45) is 0. The topological polar surface area (TPSA) is 57.4 Å². The Morgan fingerprint density at radius 1 is 0.403 bits per heavy atom. The second kappa shape index (κ2) is 14.7. The molecule has 2 aromatic heterocycles. The smallest absolute Gasteiger partial charge is 0.247 e. The van der Waals surface area contributed by atoms with Gasteiger partial charge in [-0.2, -0.15) is 10.5 Å². The molecule has 2 aliphatic rings. The van der Waals surface area contributed by atoms with Gasteiger partial charge in [-0.25, -0.2) is 0 Å². The Balaban J connectivity index is 1.11. The van der Waals surface area contributed by atoms with Gasteiger partial charge in [-0.1, -0.05) is 154 Å². The van der Waals surface area contributed by atoms with Crippen LogP contribution in [0.3, 0.4) is 0 Å². The van der Waals surface area contributed by atoms with Gasteiger partial charge in [0.25, 0.3) is 0 Å². The maximum Gasteiger partial charge on any atom is 0.247 e. The van der Waals surface area contributed by atoms with Crippen LogP contribution < -0.4 is 16.4 Å². The van der Waals surface area contributed by atoms with E-state index in [1.54, 1.807) is 23.5 Å². The van der Waals surface area contributed by atoms with Gasteiger partial charge in [-0.3, -0.25) is 0 Å². The average Bonchev–Trinajstić information content (AvgIpc) is 3.79. The lowest BCUT2D eigenvalue weighted by Gasteiger charge is -2.34. The monoisotopic (exact) mass is 906 g/mol. The zero-order valence-electron chi connectivity index (χ0n) is 40.7. The number of fused-ring (bicyclic) bond motifs is 10. The van der Waals surface area contributed by atoms with Crippen LogP contribution in [0, 0.1) is 22.7 Å². The first-order chi connectivity index (χ1) is 31.6. The second-order valence-electron chi connectivity index (χ2n) is 22.9. The third-order valence-corrected chi connectivity index (χ3v) is 16.8. The zero-order valence-corrected chi connectivity index (χ0v) is 42.3. The fraction of sp³-hybridized carbons (Fsp3) is 0.267. The highest BCUT2D eigenvalue weighted by Gasteiger charge is 2.41. The van der Waals surface area contributed by atoms with Crippen molar-refractivity contribution in [2.75, 3.05) is 0 Å². The summed E-state index contributed by atoms with van der Waals surface area (Å²) in [6.45, 7) is 27.2. The van der Waals surface area contributed by atoms with Gasteiger partial charge >= 0.3 is 0 Å². The van der Waals surface area contributed by atoms with E-state index < -0.39 is 0 Å². The van der Waals surface area contributed by atoms with E-state index in [1.807, 2.05) is 6.07 Å². The molecule has 0 amide bonds. The van der Waals surface area contributed by atoms with Crippen molar-refractivity contribution < 1.29 is 0 Å². The molecule has 7 heteroatoms. The van der Waals surface area contributed by atoms with Gasteiger partial charge in [0, 0.05) is 52.5 Å². The van der Waals surface area contributed by atoms with Gasteiger partial charge < -0.3 is 9.13 Å². The number of hydrogen-bond acceptors (Lipinski definition) is 4. The Labute approximate surface area is 404 Å². The number of rotatable bonds is 2. The van der Waals surface area contributed by atoms with Crippen LogP contribution in [0.5, 0.6) is 0 Å². The van der Waals surface area contributed by atoms with Crippen molar-refractivity contribution in [3.8, 4) is 23.5 Å². The van der Waals surface area contributed by atoms with Crippen molar-refractivity contribution in [3.63, 3.8) is 0 Å². The minimum absolute atomic E-state index is 0.00785. The van der Waals surface area contributed by atoms with Crippen LogP contribution in [0.1, 0.15) is 116 Å². The Morgan fingerprint density at radius 2 is 0.716 bits per heavy atom. The lowest BCUT2D eigenvalue weighted by molar-refractivity contribution is 0.590. The van der Waals surface area contributed by atoms with Crippen molar-refractivity contribution in [2.24, 2.45) is 0 Å². The summed E-state index contributed by atoms with van der Waals surface area (Å²) in [4.78, 5) is 4.16. The molecule has 0 bridgehead atoms. The molecule has 0 saturated carbocycles. The molecule has 0 spiro atoms. The highest BCUT2D eigenvalue weighted by Crippen LogP contribution is 2.45. The number of aromatic nitrogens is 2. The quantitative estimate of drug-likeness (QED) is 0.162. The molecule has 0 unspecified atom stereocenters. The van der Waals surface area contributed by atoms with Crippen LogP contribution in [0.2, 0.25) is 0 Å². The van der Waals surface area contributed by atoms with Crippen LogP contribution in [0.25, 0.3) is 55.0 Å². The molecule has 0 atom stereocenters. The van der Waals surface area contributed by atoms with E-state index in [1.165, 1.54) is 76.8 Å². The first kappa shape index (κ1) is 43.5. The summed E-state index contributed by atoms with van der Waals surface area (Å²) in [6, 6.07) is 48.6. The normalized spacial score (nSPS) is 13.8. The van der Waals surface area contributed by atoms with Crippen molar-refractivity contribution in [2.45, 2.75) is 124 Å². The van der Waals surface area contributed by atoms with Gasteiger partial charge in [0.15, 0.2) is 0 Å². The Kier molecular flexibility index (Phi) is 9.53. The van der Waals surface area contributed by atoms with Gasteiger partial charge in [-0.15, -0.1) is 0 Å². The number of benzene rings is 7. The predicted octanol–water partition coefficient (Wildman–Crippen LogP) is 14.3. The van der Waals surface area contributed by atoms with Crippen molar-refractivity contribution in [1.82, 2.24) is 9.13 Å². The van der Waals surface area contributed by atoms with Crippen LogP contribution >= 0.6 is 23.5 Å². The summed E-state index contributed by atoms with van der Waals surface area (Å²) < 4.78 is 4.85. The number of nitriles is 2. The molecular formula is C60H55BN4S2. The Bertz CT molecular complexity index is 3330. The molecule has 9 aromatic rings. The zero-order chi connectivity index (χ0) is 47.3. The third-order valence-electron chi connectivity index (χ3n) is 14.3. The standard InChI is InChI=1S/C60H55BN4S2/c1-57(2,3)36-13-21-48-42(26-36)43-27-37(58(4,5)6)14-22-49(43)64(48)40-17-19-46-52(30-40)66-55-34(32-62)25-35(33-63)56-54(55)61(46)47-20-18-41(31-53(47)67-56)65-50-23-15-38(59(7,8)9)28-44(50)45-29-39(60(10,11)12)16-24-51(45)65/h13-31H,1-12H3. The molecule has 0 N–H and O–H groups in total. The van der Waals surface area contributed by atoms with Crippen LogP contribution in [-0.4, -0.2) is 15.8 Å². The molecule has 7 aromatic carbocycles. The van der Waals surface area contributed by atoms with E-state index in [0.717, 1.165) is 36.4 Å². The van der Waals surface area contributed by atoms with Crippen molar-refractivity contribution >= 4 is 90.2 Å². The molecule has 67 heavy (non-hydrogen) atoms. The van der Waals surface area contributed by atoms with E-state index in [2.05, 4.69) is 214 Å². The molecule has 0 fully saturated rings. The SMILES string of the molecule is CC(C)(C)c1ccc2c(c1)c1cc(C(C)(C)C)ccc1n2-c1ccc2c(c1)Sc1c(C#N)cc(C#N)c3c1B2c1ccc(-n2c4ccc(C(C)(C)C)cc4c4cc(C(C)(C)C)ccc42)cc1S3. The van der Waals surface area contributed by atoms with Crippen LogP contribution in [0.4, 0.5) is 0 Å². The predicted molar refractivity (Wildman–Crippen MR) is 285 cm³/mol. The molecule has 330 valence electrons. The first-order valence-electron chi connectivity index (χ1n) is 23.5. The van der Waals surface area contributed by atoms with Crippen molar-refractivity contribution in [1.29, 1.82) is 10.5 Å². The number of hydrogen-bond donors (Lipinski definition) is 0. The van der Waals surface area contributed by atoms with Crippen LogP contribution in [-0.2, 0) is 21.7 Å². The first-order valence-corrected chi connectivity index (χ1v) is 25.1. The Morgan fingerprint density at radius 3 is 1.00 bits per heavy atom. The average molecular weight is 907 g/mol. The van der Waals surface area contributed by atoms with Gasteiger partial charge in [0.1, 0.15) is 12.1 Å². The summed E-state index contributed by atoms with van der Waals surface area (Å²) in [7, 11) is 0. The maximum atomic E-state index is 10.7. The summed E-state index contributed by atoms with van der Waals surface area (Å²) >= 11 is 3.35. The van der Waals surface area contributed by atoms with E-state index in [-0.39, 0.29) is 28.4 Å². The van der Waals surface area contributed by atoms with Gasteiger partial charge in [-0.05, 0) is 128 Å². The van der Waals surface area contributed by atoms with Gasteiger partial charge in [0.2, 0.25) is 6.71 Å². The van der Waals surface area contributed by atoms with E-state index in [0.29, 0.717) is 11.1 Å². The maximum absolute atomic E-state index is 10.7. The highest BCUT2D eigenvalue weighted by molar-refractivity contribution is 8.01. The lowest BCUT2D eigenvalue weighted by Crippen LogP contribution is -2.58. The molecule has 0 radical (unpaired) electrons. The van der Waals surface area contributed by atoms with E-state index in [4.69, 9.17) is 0 Å². The second-order valence-corrected chi connectivity index (χ2v) is 25.1. The van der Waals surface area contributed by atoms with Crippen molar-refractivity contribution in [3.05, 3.63) is 149 Å². The lowest BCUT2D eigenvalue weighted by atomic mass is 9.36. The third kappa shape index (κ3) is 6.79. The number of nitrogens with zero attached hydrogens (tertiary/aromatic N) is 4. The molecule has 11 rings (SSSR count). The molecule has 4 heterocycles. The fourth-order valence-corrected chi connectivity index (χ4v) is 13.0. The molecule has 4 nitrogen and oxygen atoms in total. The minimum atomic E-state index is -0.148. The molecular weight excluding hydrogens is 852 g/mol. The minimum Gasteiger partial charge on any atom is -0.309 e.